The smallest absolute Gasteiger partial charge is 0.273 e. The molecule has 0 aliphatic carbocycles. The van der Waals surface area contributed by atoms with Crippen LogP contribution in [0.3, 0.4) is 0 Å². The minimum atomic E-state index is -0.238. The van der Waals surface area contributed by atoms with Crippen LogP contribution in [-0.2, 0) is 14.3 Å². The van der Waals surface area contributed by atoms with Crippen molar-refractivity contribution in [2.75, 3.05) is 52.4 Å². The number of methoxy groups -OCH3 is 2. The molecule has 2 N–H and O–H groups in total. The van der Waals surface area contributed by atoms with Gasteiger partial charge in [0.1, 0.15) is 11.4 Å². The van der Waals surface area contributed by atoms with Gasteiger partial charge in [0, 0.05) is 45.2 Å². The molecule has 0 bridgehead atoms. The van der Waals surface area contributed by atoms with Crippen LogP contribution in [-0.4, -0.2) is 74.9 Å². The van der Waals surface area contributed by atoms with Gasteiger partial charge in [-0.15, -0.1) is 11.3 Å². The molecule has 1 aliphatic rings. The van der Waals surface area contributed by atoms with Crippen molar-refractivity contribution < 1.29 is 23.8 Å². The zero-order chi connectivity index (χ0) is 22.8. The standard InChI is InChI=1S/C22H30N4O5S/c1-29-13-11-26(10-9-20(27)23-14-16-6-5-12-31-16)21(28)18-15-32-22(25-18)24-17-7-3-4-8-19(17)30-2/h3-4,7-8,15-16H,5-6,9-14H2,1-2H3,(H,23,27)(H,24,25)/t16-/m0/s1. The topological polar surface area (TPSA) is 102 Å². The van der Waals surface area contributed by atoms with E-state index in [0.717, 1.165) is 25.1 Å². The summed E-state index contributed by atoms with van der Waals surface area (Å²) >= 11 is 1.33. The molecule has 10 heteroatoms. The Morgan fingerprint density at radius 1 is 1.28 bits per heavy atom. The Kier molecular flexibility index (Phi) is 9.27. The molecule has 3 rings (SSSR count). The van der Waals surface area contributed by atoms with Crippen molar-refractivity contribution in [2.45, 2.75) is 25.4 Å². The number of ether oxygens (including phenoxy) is 3. The number of carbonyl (C=O) groups is 2. The average molecular weight is 463 g/mol. The summed E-state index contributed by atoms with van der Waals surface area (Å²) in [4.78, 5) is 31.3. The van der Waals surface area contributed by atoms with Gasteiger partial charge in [0.2, 0.25) is 5.91 Å². The van der Waals surface area contributed by atoms with Crippen LogP contribution < -0.4 is 15.4 Å². The van der Waals surface area contributed by atoms with E-state index in [-0.39, 0.29) is 30.9 Å². The van der Waals surface area contributed by atoms with Crippen LogP contribution in [0.2, 0.25) is 0 Å². The lowest BCUT2D eigenvalue weighted by Gasteiger charge is -2.21. The van der Waals surface area contributed by atoms with Gasteiger partial charge in [-0.3, -0.25) is 9.59 Å². The molecule has 1 atom stereocenters. The molecule has 0 radical (unpaired) electrons. The van der Waals surface area contributed by atoms with Crippen molar-refractivity contribution in [3.63, 3.8) is 0 Å². The van der Waals surface area contributed by atoms with E-state index < -0.39 is 0 Å². The number of anilines is 2. The minimum Gasteiger partial charge on any atom is -0.495 e. The molecule has 0 saturated carbocycles. The van der Waals surface area contributed by atoms with E-state index >= 15 is 0 Å². The van der Waals surface area contributed by atoms with E-state index in [1.54, 1.807) is 24.5 Å². The van der Waals surface area contributed by atoms with Gasteiger partial charge in [0.25, 0.3) is 5.91 Å². The van der Waals surface area contributed by atoms with Crippen molar-refractivity contribution in [3.8, 4) is 5.75 Å². The number of carbonyl (C=O) groups excluding carboxylic acids is 2. The summed E-state index contributed by atoms with van der Waals surface area (Å²) in [6, 6.07) is 7.49. The van der Waals surface area contributed by atoms with Crippen LogP contribution in [0.15, 0.2) is 29.6 Å². The van der Waals surface area contributed by atoms with E-state index in [4.69, 9.17) is 14.2 Å². The number of thiazole rings is 1. The molecule has 1 fully saturated rings. The first-order valence-corrected chi connectivity index (χ1v) is 11.5. The Morgan fingerprint density at radius 2 is 2.12 bits per heavy atom. The predicted octanol–water partition coefficient (Wildman–Crippen LogP) is 2.67. The summed E-state index contributed by atoms with van der Waals surface area (Å²) in [6.07, 6.45) is 2.29. The molecule has 2 heterocycles. The molecule has 0 spiro atoms. The first-order valence-electron chi connectivity index (χ1n) is 10.6. The third kappa shape index (κ3) is 6.91. The molecular formula is C22H30N4O5S. The van der Waals surface area contributed by atoms with Gasteiger partial charge >= 0.3 is 0 Å². The maximum absolute atomic E-state index is 13.0. The van der Waals surface area contributed by atoms with Gasteiger partial charge < -0.3 is 29.7 Å². The number of hydrogen-bond donors (Lipinski definition) is 2. The Morgan fingerprint density at radius 3 is 2.88 bits per heavy atom. The second-order valence-electron chi connectivity index (χ2n) is 7.34. The molecule has 174 valence electrons. The molecule has 0 unspecified atom stereocenters. The van der Waals surface area contributed by atoms with Crippen LogP contribution in [0.25, 0.3) is 0 Å². The molecule has 1 aromatic carbocycles. The lowest BCUT2D eigenvalue weighted by molar-refractivity contribution is -0.121. The highest BCUT2D eigenvalue weighted by Crippen LogP contribution is 2.28. The number of nitrogens with zero attached hydrogens (tertiary/aromatic N) is 2. The normalized spacial score (nSPS) is 15.4. The molecule has 9 nitrogen and oxygen atoms in total. The van der Waals surface area contributed by atoms with Gasteiger partial charge in [-0.2, -0.15) is 0 Å². The van der Waals surface area contributed by atoms with Gasteiger partial charge in [-0.25, -0.2) is 4.98 Å². The molecule has 2 amide bonds. The van der Waals surface area contributed by atoms with Gasteiger partial charge in [0.05, 0.1) is 25.5 Å². The zero-order valence-corrected chi connectivity index (χ0v) is 19.3. The third-order valence-electron chi connectivity index (χ3n) is 5.08. The van der Waals surface area contributed by atoms with Gasteiger partial charge in [-0.1, -0.05) is 12.1 Å². The van der Waals surface area contributed by atoms with Crippen LogP contribution >= 0.6 is 11.3 Å². The number of benzene rings is 1. The largest absolute Gasteiger partial charge is 0.495 e. The zero-order valence-electron chi connectivity index (χ0n) is 18.5. The Balaban J connectivity index is 1.56. The molecule has 1 aliphatic heterocycles. The van der Waals surface area contributed by atoms with Crippen LogP contribution in [0.1, 0.15) is 29.8 Å². The minimum absolute atomic E-state index is 0.0920. The number of para-hydroxylation sites is 2. The predicted molar refractivity (Wildman–Crippen MR) is 123 cm³/mol. The first-order chi connectivity index (χ1) is 15.6. The second kappa shape index (κ2) is 12.4. The molecular weight excluding hydrogens is 432 g/mol. The Hall–Kier alpha value is -2.69. The van der Waals surface area contributed by atoms with Crippen LogP contribution in [0, 0.1) is 0 Å². The maximum atomic E-state index is 13.0. The van der Waals surface area contributed by atoms with Crippen LogP contribution in [0.5, 0.6) is 5.75 Å². The summed E-state index contributed by atoms with van der Waals surface area (Å²) < 4.78 is 16.0. The second-order valence-corrected chi connectivity index (χ2v) is 8.20. The van der Waals surface area contributed by atoms with Crippen molar-refractivity contribution in [3.05, 3.63) is 35.3 Å². The lowest BCUT2D eigenvalue weighted by atomic mass is 10.2. The average Bonchev–Trinajstić information content (AvgIpc) is 3.50. The van der Waals surface area contributed by atoms with Crippen molar-refractivity contribution in [2.24, 2.45) is 0 Å². The van der Waals surface area contributed by atoms with Crippen molar-refractivity contribution >= 4 is 34.0 Å². The number of nitrogens with one attached hydrogen (secondary N) is 2. The summed E-state index contributed by atoms with van der Waals surface area (Å²) in [5, 5.41) is 8.36. The summed E-state index contributed by atoms with van der Waals surface area (Å²) in [5.41, 5.74) is 1.09. The highest BCUT2D eigenvalue weighted by Gasteiger charge is 2.21. The lowest BCUT2D eigenvalue weighted by Crippen LogP contribution is -2.38. The van der Waals surface area contributed by atoms with E-state index in [1.807, 2.05) is 24.3 Å². The quantitative estimate of drug-likeness (QED) is 0.500. The fourth-order valence-electron chi connectivity index (χ4n) is 3.33. The van der Waals surface area contributed by atoms with Crippen molar-refractivity contribution in [1.29, 1.82) is 0 Å². The summed E-state index contributed by atoms with van der Waals surface area (Å²) in [7, 11) is 3.18. The number of amides is 2. The van der Waals surface area contributed by atoms with Crippen LogP contribution in [0.4, 0.5) is 10.8 Å². The Labute approximate surface area is 192 Å². The Bertz CT molecular complexity index is 885. The number of aromatic nitrogens is 1. The molecule has 2 aromatic rings. The van der Waals surface area contributed by atoms with E-state index in [2.05, 4.69) is 15.6 Å². The van der Waals surface area contributed by atoms with Crippen molar-refractivity contribution in [1.82, 2.24) is 15.2 Å². The fraction of sp³-hybridized carbons (Fsp3) is 0.500. The molecule has 1 saturated heterocycles. The number of rotatable bonds is 12. The highest BCUT2D eigenvalue weighted by molar-refractivity contribution is 7.14. The first kappa shape index (κ1) is 24.0. The molecule has 1 aromatic heterocycles. The fourth-order valence-corrected chi connectivity index (χ4v) is 4.03. The number of hydrogen-bond acceptors (Lipinski definition) is 8. The highest BCUT2D eigenvalue weighted by atomic mass is 32.1. The third-order valence-corrected chi connectivity index (χ3v) is 5.84. The van der Waals surface area contributed by atoms with E-state index in [1.165, 1.54) is 11.3 Å². The summed E-state index contributed by atoms with van der Waals surface area (Å²) in [5.74, 6) is 0.345. The van der Waals surface area contributed by atoms with E-state index in [9.17, 15) is 9.59 Å². The summed E-state index contributed by atoms with van der Waals surface area (Å²) in [6.45, 7) is 2.30. The van der Waals surface area contributed by atoms with Gasteiger partial charge in [0.15, 0.2) is 5.13 Å². The molecule has 32 heavy (non-hydrogen) atoms. The maximum Gasteiger partial charge on any atom is 0.273 e. The monoisotopic (exact) mass is 462 g/mol. The van der Waals surface area contributed by atoms with E-state index in [0.29, 0.717) is 36.3 Å². The SMILES string of the molecule is COCCN(CCC(=O)NC[C@@H]1CCCO1)C(=O)c1csc(Nc2ccccc2OC)n1. The van der Waals surface area contributed by atoms with Gasteiger partial charge in [-0.05, 0) is 25.0 Å².